The summed E-state index contributed by atoms with van der Waals surface area (Å²) in [5.41, 5.74) is 4.13. The van der Waals surface area contributed by atoms with Crippen LogP contribution in [-0.2, 0) is 22.4 Å². The Balaban J connectivity index is 0.000000366. The summed E-state index contributed by atoms with van der Waals surface area (Å²) in [5.74, 6) is -1.65. The van der Waals surface area contributed by atoms with Gasteiger partial charge in [-0.1, -0.05) is 37.2 Å². The lowest BCUT2D eigenvalue weighted by molar-refractivity contribution is -0.134. The van der Waals surface area contributed by atoms with Gasteiger partial charge in [-0.15, -0.1) is 0 Å². The second kappa shape index (κ2) is 12.4. The van der Waals surface area contributed by atoms with Crippen molar-refractivity contribution in [2.45, 2.75) is 52.0 Å². The number of carboxylic acid groups (broad SMARTS) is 2. The third-order valence-electron chi connectivity index (χ3n) is 5.11. The predicted molar refractivity (Wildman–Crippen MR) is 122 cm³/mol. The topological polar surface area (TPSA) is 104 Å². The molecule has 1 atom stereocenters. The number of benzene rings is 1. The predicted octanol–water partition coefficient (Wildman–Crippen LogP) is 4.80. The summed E-state index contributed by atoms with van der Waals surface area (Å²) in [7, 11) is 0. The monoisotopic (exact) mass is 492 g/mol. The number of halogens is 1. The fraction of sp³-hybridized carbons (Fsp3) is 0.435. The SMILES string of the molecule is CCCN(CCC)C1CCc2cccc(-c3cc(Br)no3)c2C1.O=C(O)/C=C\C(=O)O. The zero-order chi connectivity index (χ0) is 22.8. The van der Waals surface area contributed by atoms with E-state index in [1.807, 2.05) is 6.07 Å². The van der Waals surface area contributed by atoms with Gasteiger partial charge in [0.05, 0.1) is 0 Å². The standard InChI is InChI=1S/C19H25BrN2O.C4H4O4/c1-3-10-22(11-4-2)15-9-8-14-6-5-7-16(17(14)12-15)18-13-19(20)21-23-18;5-3(6)1-2-4(7)8/h5-7,13,15H,3-4,8-12H2,1-2H3;1-2H,(H,5,6)(H,7,8)/b;2-1-. The molecule has 1 aliphatic rings. The highest BCUT2D eigenvalue weighted by atomic mass is 79.9. The van der Waals surface area contributed by atoms with Gasteiger partial charge >= 0.3 is 11.9 Å². The first kappa shape index (κ1) is 24.8. The number of rotatable bonds is 8. The molecule has 168 valence electrons. The fourth-order valence-corrected chi connectivity index (χ4v) is 4.17. The van der Waals surface area contributed by atoms with Crippen molar-refractivity contribution in [1.29, 1.82) is 0 Å². The normalized spacial score (nSPS) is 15.4. The van der Waals surface area contributed by atoms with E-state index in [4.69, 9.17) is 14.7 Å². The molecule has 7 nitrogen and oxygen atoms in total. The highest BCUT2D eigenvalue weighted by Gasteiger charge is 2.26. The Kier molecular flexibility index (Phi) is 9.94. The van der Waals surface area contributed by atoms with Crippen molar-refractivity contribution in [3.8, 4) is 11.3 Å². The molecule has 1 aromatic carbocycles. The van der Waals surface area contributed by atoms with Crippen molar-refractivity contribution in [3.05, 3.63) is 52.1 Å². The average Bonchev–Trinajstić information content (AvgIpc) is 3.18. The lowest BCUT2D eigenvalue weighted by Crippen LogP contribution is -2.40. The van der Waals surface area contributed by atoms with Gasteiger partial charge in [-0.2, -0.15) is 0 Å². The minimum absolute atomic E-state index is 0.558. The molecule has 0 saturated carbocycles. The number of fused-ring (bicyclic) bond motifs is 1. The van der Waals surface area contributed by atoms with Crippen LogP contribution in [0.1, 0.15) is 44.2 Å². The van der Waals surface area contributed by atoms with Crippen molar-refractivity contribution >= 4 is 27.9 Å². The summed E-state index contributed by atoms with van der Waals surface area (Å²) >= 11 is 3.39. The number of carboxylic acids is 2. The smallest absolute Gasteiger partial charge is 0.328 e. The summed E-state index contributed by atoms with van der Waals surface area (Å²) in [6, 6.07) is 9.19. The maximum Gasteiger partial charge on any atom is 0.328 e. The molecule has 1 aromatic heterocycles. The van der Waals surface area contributed by atoms with Crippen LogP contribution in [-0.4, -0.2) is 51.3 Å². The van der Waals surface area contributed by atoms with Crippen molar-refractivity contribution < 1.29 is 24.3 Å². The summed E-state index contributed by atoms with van der Waals surface area (Å²) in [4.78, 5) is 21.8. The molecule has 0 spiro atoms. The van der Waals surface area contributed by atoms with E-state index in [1.54, 1.807) is 0 Å². The van der Waals surface area contributed by atoms with Crippen molar-refractivity contribution in [3.63, 3.8) is 0 Å². The minimum Gasteiger partial charge on any atom is -0.478 e. The molecule has 2 N–H and O–H groups in total. The molecule has 3 rings (SSSR count). The Morgan fingerprint density at radius 1 is 1.19 bits per heavy atom. The first-order valence-corrected chi connectivity index (χ1v) is 11.3. The zero-order valence-electron chi connectivity index (χ0n) is 17.9. The first-order chi connectivity index (χ1) is 14.8. The van der Waals surface area contributed by atoms with E-state index in [1.165, 1.54) is 49.0 Å². The van der Waals surface area contributed by atoms with Crippen molar-refractivity contribution in [2.24, 2.45) is 0 Å². The number of carbonyl (C=O) groups is 2. The van der Waals surface area contributed by atoms with Gasteiger partial charge in [0.2, 0.25) is 0 Å². The number of aryl methyl sites for hydroxylation is 1. The molecule has 0 bridgehead atoms. The second-order valence-electron chi connectivity index (χ2n) is 7.40. The van der Waals surface area contributed by atoms with E-state index in [2.05, 4.69) is 58.0 Å². The fourth-order valence-electron chi connectivity index (χ4n) is 3.89. The van der Waals surface area contributed by atoms with Gasteiger partial charge < -0.3 is 19.6 Å². The molecular formula is C23H29BrN2O5. The van der Waals surface area contributed by atoms with Crippen LogP contribution < -0.4 is 0 Å². The highest BCUT2D eigenvalue weighted by Crippen LogP contribution is 2.34. The van der Waals surface area contributed by atoms with E-state index in [0.29, 0.717) is 18.2 Å². The lowest BCUT2D eigenvalue weighted by Gasteiger charge is -2.35. The number of hydrogen-bond acceptors (Lipinski definition) is 5. The van der Waals surface area contributed by atoms with Gasteiger partial charge in [-0.25, -0.2) is 9.59 Å². The third kappa shape index (κ3) is 7.63. The van der Waals surface area contributed by atoms with Crippen molar-refractivity contribution in [2.75, 3.05) is 13.1 Å². The van der Waals surface area contributed by atoms with Crippen LogP contribution in [0.15, 0.2) is 45.5 Å². The number of aromatic nitrogens is 1. The summed E-state index contributed by atoms with van der Waals surface area (Å²) in [6.45, 7) is 6.95. The first-order valence-electron chi connectivity index (χ1n) is 10.5. The Labute approximate surface area is 190 Å². The van der Waals surface area contributed by atoms with E-state index in [9.17, 15) is 9.59 Å². The molecule has 8 heteroatoms. The van der Waals surface area contributed by atoms with E-state index in [-0.39, 0.29) is 0 Å². The maximum atomic E-state index is 9.55. The van der Waals surface area contributed by atoms with Crippen LogP contribution in [0.4, 0.5) is 0 Å². The van der Waals surface area contributed by atoms with Crippen LogP contribution >= 0.6 is 15.9 Å². The van der Waals surface area contributed by atoms with Gasteiger partial charge in [0.25, 0.3) is 0 Å². The summed E-state index contributed by atoms with van der Waals surface area (Å²) in [5, 5.41) is 19.6. The summed E-state index contributed by atoms with van der Waals surface area (Å²) in [6.07, 6.45) is 7.10. The van der Waals surface area contributed by atoms with Gasteiger partial charge in [0.1, 0.15) is 4.60 Å². The van der Waals surface area contributed by atoms with Gasteiger partial charge in [0.15, 0.2) is 5.76 Å². The molecule has 2 aromatic rings. The van der Waals surface area contributed by atoms with E-state index in [0.717, 1.165) is 23.2 Å². The van der Waals surface area contributed by atoms with E-state index < -0.39 is 11.9 Å². The van der Waals surface area contributed by atoms with Gasteiger partial charge in [-0.05, 0) is 72.3 Å². The van der Waals surface area contributed by atoms with Crippen LogP contribution in [0.25, 0.3) is 11.3 Å². The quantitative estimate of drug-likeness (QED) is 0.510. The number of nitrogens with zero attached hydrogens (tertiary/aromatic N) is 2. The molecule has 1 aliphatic carbocycles. The van der Waals surface area contributed by atoms with Gasteiger partial charge in [0, 0.05) is 29.8 Å². The molecule has 0 radical (unpaired) electrons. The Bertz CT molecular complexity index is 887. The lowest BCUT2D eigenvalue weighted by atomic mass is 9.84. The third-order valence-corrected chi connectivity index (χ3v) is 5.49. The van der Waals surface area contributed by atoms with Crippen molar-refractivity contribution in [1.82, 2.24) is 10.1 Å². The molecule has 0 fully saturated rings. The largest absolute Gasteiger partial charge is 0.478 e. The molecule has 0 aliphatic heterocycles. The van der Waals surface area contributed by atoms with Crippen LogP contribution in [0.5, 0.6) is 0 Å². The maximum absolute atomic E-state index is 9.55. The summed E-state index contributed by atoms with van der Waals surface area (Å²) < 4.78 is 6.26. The van der Waals surface area contributed by atoms with Crippen LogP contribution in [0.2, 0.25) is 0 Å². The Hall–Kier alpha value is -2.45. The molecular weight excluding hydrogens is 464 g/mol. The van der Waals surface area contributed by atoms with Gasteiger partial charge in [-0.3, -0.25) is 0 Å². The second-order valence-corrected chi connectivity index (χ2v) is 8.21. The molecule has 31 heavy (non-hydrogen) atoms. The average molecular weight is 493 g/mol. The highest BCUT2D eigenvalue weighted by molar-refractivity contribution is 9.10. The van der Waals surface area contributed by atoms with Crippen LogP contribution in [0, 0.1) is 0 Å². The zero-order valence-corrected chi connectivity index (χ0v) is 19.5. The molecule has 0 saturated heterocycles. The molecule has 1 unspecified atom stereocenters. The van der Waals surface area contributed by atoms with E-state index >= 15 is 0 Å². The minimum atomic E-state index is -1.26. The Morgan fingerprint density at radius 3 is 2.35 bits per heavy atom. The molecule has 0 amide bonds. The number of hydrogen-bond donors (Lipinski definition) is 2. The molecule has 1 heterocycles. The number of aliphatic carboxylic acids is 2. The van der Waals surface area contributed by atoms with Crippen LogP contribution in [0.3, 0.4) is 0 Å². The Morgan fingerprint density at radius 2 is 1.84 bits per heavy atom.